The summed E-state index contributed by atoms with van der Waals surface area (Å²) in [6.45, 7) is 0.707. The number of rotatable bonds is 4. The number of hydrogen-bond acceptors (Lipinski definition) is 6. The van der Waals surface area contributed by atoms with Crippen LogP contribution in [0.3, 0.4) is 0 Å². The molecule has 0 unspecified atom stereocenters. The van der Waals surface area contributed by atoms with Crippen molar-refractivity contribution >= 4 is 28.2 Å². The van der Waals surface area contributed by atoms with Gasteiger partial charge in [-0.25, -0.2) is 0 Å². The second kappa shape index (κ2) is 4.53. The van der Waals surface area contributed by atoms with E-state index in [-0.39, 0.29) is 0 Å². The molecule has 11 heavy (non-hydrogen) atoms. The number of hydrogen-bond donors (Lipinski definition) is 2. The first-order chi connectivity index (χ1) is 5.33. The van der Waals surface area contributed by atoms with E-state index in [0.29, 0.717) is 11.7 Å². The SMILES string of the molecule is NCCSCc1nnc(N)s1. The van der Waals surface area contributed by atoms with Gasteiger partial charge in [-0.2, -0.15) is 11.8 Å². The van der Waals surface area contributed by atoms with Crippen molar-refractivity contribution in [3.63, 3.8) is 0 Å². The van der Waals surface area contributed by atoms with Crippen molar-refractivity contribution in [3.05, 3.63) is 5.01 Å². The molecule has 0 amide bonds. The van der Waals surface area contributed by atoms with Crippen LogP contribution >= 0.6 is 23.1 Å². The van der Waals surface area contributed by atoms with Crippen LogP contribution in [-0.2, 0) is 5.75 Å². The Morgan fingerprint density at radius 2 is 2.27 bits per heavy atom. The van der Waals surface area contributed by atoms with Crippen molar-refractivity contribution in [2.24, 2.45) is 5.73 Å². The Balaban J connectivity index is 2.27. The quantitative estimate of drug-likeness (QED) is 0.668. The summed E-state index contributed by atoms with van der Waals surface area (Å²) in [5.41, 5.74) is 10.7. The van der Waals surface area contributed by atoms with Crippen molar-refractivity contribution < 1.29 is 0 Å². The summed E-state index contributed by atoms with van der Waals surface area (Å²) < 4.78 is 0. The van der Waals surface area contributed by atoms with Gasteiger partial charge >= 0.3 is 0 Å². The number of anilines is 1. The van der Waals surface area contributed by atoms with E-state index < -0.39 is 0 Å². The van der Waals surface area contributed by atoms with Crippen LogP contribution in [0.4, 0.5) is 5.13 Å². The average Bonchev–Trinajstić information content (AvgIpc) is 2.37. The van der Waals surface area contributed by atoms with Crippen molar-refractivity contribution in [2.45, 2.75) is 5.75 Å². The molecule has 0 bridgehead atoms. The molecule has 0 aliphatic heterocycles. The fourth-order valence-corrected chi connectivity index (χ4v) is 2.00. The number of nitrogens with two attached hydrogens (primary N) is 2. The van der Waals surface area contributed by atoms with Gasteiger partial charge < -0.3 is 11.5 Å². The van der Waals surface area contributed by atoms with Crippen molar-refractivity contribution in [1.82, 2.24) is 10.2 Å². The third kappa shape index (κ3) is 3.04. The number of nitrogen functional groups attached to an aromatic ring is 1. The Bertz CT molecular complexity index is 212. The highest BCUT2D eigenvalue weighted by atomic mass is 32.2. The van der Waals surface area contributed by atoms with Crippen LogP contribution in [0, 0.1) is 0 Å². The number of aromatic nitrogens is 2. The minimum atomic E-state index is 0.536. The number of thioether (sulfide) groups is 1. The first kappa shape index (κ1) is 8.76. The molecule has 1 heterocycles. The van der Waals surface area contributed by atoms with Crippen molar-refractivity contribution in [3.8, 4) is 0 Å². The van der Waals surface area contributed by atoms with Crippen LogP contribution in [0.15, 0.2) is 0 Å². The fourth-order valence-electron chi connectivity index (χ4n) is 0.568. The number of nitrogens with zero attached hydrogens (tertiary/aromatic N) is 2. The fraction of sp³-hybridized carbons (Fsp3) is 0.600. The summed E-state index contributed by atoms with van der Waals surface area (Å²) >= 11 is 3.18. The van der Waals surface area contributed by atoms with E-state index in [1.54, 1.807) is 11.8 Å². The normalized spacial score (nSPS) is 10.3. The summed E-state index contributed by atoms with van der Waals surface area (Å²) in [4.78, 5) is 0. The van der Waals surface area contributed by atoms with Gasteiger partial charge in [0.2, 0.25) is 5.13 Å². The van der Waals surface area contributed by atoms with E-state index in [1.807, 2.05) is 0 Å². The Labute approximate surface area is 73.4 Å². The van der Waals surface area contributed by atoms with Gasteiger partial charge in [-0.1, -0.05) is 11.3 Å². The second-order valence-electron chi connectivity index (χ2n) is 1.88. The van der Waals surface area contributed by atoms with Gasteiger partial charge in [-0.3, -0.25) is 0 Å². The molecular weight excluding hydrogens is 180 g/mol. The van der Waals surface area contributed by atoms with Gasteiger partial charge in [-0.05, 0) is 0 Å². The molecule has 6 heteroatoms. The Kier molecular flexibility index (Phi) is 3.61. The summed E-state index contributed by atoms with van der Waals surface area (Å²) in [5.74, 6) is 1.82. The Hall–Kier alpha value is -0.330. The first-order valence-corrected chi connectivity index (χ1v) is 5.15. The largest absolute Gasteiger partial charge is 0.374 e. The molecule has 0 fully saturated rings. The van der Waals surface area contributed by atoms with Crippen molar-refractivity contribution in [2.75, 3.05) is 18.0 Å². The molecule has 0 radical (unpaired) electrons. The van der Waals surface area contributed by atoms with E-state index in [1.165, 1.54) is 11.3 Å². The first-order valence-electron chi connectivity index (χ1n) is 3.18. The maximum absolute atomic E-state index is 5.39. The highest BCUT2D eigenvalue weighted by molar-refractivity contribution is 7.98. The molecule has 1 aromatic heterocycles. The molecule has 0 saturated carbocycles. The van der Waals surface area contributed by atoms with Gasteiger partial charge in [0, 0.05) is 18.1 Å². The van der Waals surface area contributed by atoms with Crippen LogP contribution in [-0.4, -0.2) is 22.5 Å². The minimum absolute atomic E-state index is 0.536. The molecule has 1 aromatic rings. The molecule has 1 rings (SSSR count). The van der Waals surface area contributed by atoms with E-state index in [2.05, 4.69) is 10.2 Å². The van der Waals surface area contributed by atoms with Crippen LogP contribution in [0.25, 0.3) is 0 Å². The zero-order valence-electron chi connectivity index (χ0n) is 5.99. The van der Waals surface area contributed by atoms with E-state index in [9.17, 15) is 0 Å². The van der Waals surface area contributed by atoms with Gasteiger partial charge in [-0.15, -0.1) is 10.2 Å². The highest BCUT2D eigenvalue weighted by Gasteiger charge is 1.99. The monoisotopic (exact) mass is 190 g/mol. The van der Waals surface area contributed by atoms with Gasteiger partial charge in [0.25, 0.3) is 0 Å². The maximum atomic E-state index is 5.39. The predicted octanol–water partition coefficient (Wildman–Crippen LogP) is 0.312. The highest BCUT2D eigenvalue weighted by Crippen LogP contribution is 2.16. The van der Waals surface area contributed by atoms with Gasteiger partial charge in [0.05, 0.1) is 0 Å². The summed E-state index contributed by atoms with van der Waals surface area (Å²) in [6, 6.07) is 0. The standard InChI is InChI=1S/C5H10N4S2/c6-1-2-10-3-4-8-9-5(7)11-4/h1-3,6H2,(H2,7,9). The average molecular weight is 190 g/mol. The van der Waals surface area contributed by atoms with Gasteiger partial charge in [0.1, 0.15) is 5.01 Å². The van der Waals surface area contributed by atoms with E-state index in [4.69, 9.17) is 11.5 Å². The molecule has 0 aliphatic carbocycles. The smallest absolute Gasteiger partial charge is 0.203 e. The van der Waals surface area contributed by atoms with E-state index in [0.717, 1.165) is 16.5 Å². The molecule has 0 saturated heterocycles. The summed E-state index contributed by atoms with van der Waals surface area (Å²) in [6.07, 6.45) is 0. The van der Waals surface area contributed by atoms with Gasteiger partial charge in [0.15, 0.2) is 0 Å². The van der Waals surface area contributed by atoms with Crippen LogP contribution in [0.2, 0.25) is 0 Å². The van der Waals surface area contributed by atoms with Crippen molar-refractivity contribution in [1.29, 1.82) is 0 Å². The Morgan fingerprint density at radius 3 is 2.82 bits per heavy atom. The van der Waals surface area contributed by atoms with Crippen LogP contribution < -0.4 is 11.5 Å². The van der Waals surface area contributed by atoms with Crippen LogP contribution in [0.5, 0.6) is 0 Å². The molecule has 0 spiro atoms. The molecule has 4 N–H and O–H groups in total. The summed E-state index contributed by atoms with van der Waals surface area (Å²) in [5, 5.41) is 9.08. The van der Waals surface area contributed by atoms with E-state index >= 15 is 0 Å². The third-order valence-electron chi connectivity index (χ3n) is 0.970. The predicted molar refractivity (Wildman–Crippen MR) is 49.5 cm³/mol. The zero-order valence-corrected chi connectivity index (χ0v) is 7.62. The second-order valence-corrected chi connectivity index (χ2v) is 4.07. The third-order valence-corrected chi connectivity index (χ3v) is 2.91. The molecule has 0 aromatic carbocycles. The topological polar surface area (TPSA) is 77.8 Å². The maximum Gasteiger partial charge on any atom is 0.203 e. The lowest BCUT2D eigenvalue weighted by Crippen LogP contribution is -2.01. The molecule has 4 nitrogen and oxygen atoms in total. The lowest BCUT2D eigenvalue weighted by molar-refractivity contribution is 1.04. The molecule has 0 atom stereocenters. The molecule has 62 valence electrons. The summed E-state index contributed by atoms with van der Waals surface area (Å²) in [7, 11) is 0. The molecule has 0 aliphatic rings. The zero-order chi connectivity index (χ0) is 8.10. The molecular formula is C5H10N4S2. The minimum Gasteiger partial charge on any atom is -0.374 e. The lowest BCUT2D eigenvalue weighted by atomic mass is 10.8. The Morgan fingerprint density at radius 1 is 1.45 bits per heavy atom. The van der Waals surface area contributed by atoms with Crippen LogP contribution in [0.1, 0.15) is 5.01 Å². The lowest BCUT2D eigenvalue weighted by Gasteiger charge is -1.92.